The lowest BCUT2D eigenvalue weighted by atomic mass is 10.1. The lowest BCUT2D eigenvalue weighted by molar-refractivity contribution is 0.144. The SMILES string of the molecule is CN1CCN(CC(CN)c2ccc(Cl)o2)CC1. The maximum absolute atomic E-state index is 5.82. The maximum Gasteiger partial charge on any atom is 0.193 e. The van der Waals surface area contributed by atoms with Gasteiger partial charge in [0.15, 0.2) is 5.22 Å². The molecule has 0 aromatic carbocycles. The summed E-state index contributed by atoms with van der Waals surface area (Å²) in [5.74, 6) is 1.14. The van der Waals surface area contributed by atoms with Crippen LogP contribution in [0.2, 0.25) is 5.22 Å². The zero-order valence-electron chi connectivity index (χ0n) is 10.2. The molecule has 5 heteroatoms. The smallest absolute Gasteiger partial charge is 0.193 e. The minimum atomic E-state index is 0.242. The minimum Gasteiger partial charge on any atom is -0.449 e. The third-order valence-electron chi connectivity index (χ3n) is 3.36. The van der Waals surface area contributed by atoms with Gasteiger partial charge in [0.1, 0.15) is 5.76 Å². The van der Waals surface area contributed by atoms with Crippen molar-refractivity contribution in [2.75, 3.05) is 46.3 Å². The average Bonchev–Trinajstić information content (AvgIpc) is 2.75. The van der Waals surface area contributed by atoms with Crippen LogP contribution in [0.5, 0.6) is 0 Å². The van der Waals surface area contributed by atoms with Gasteiger partial charge in [-0.3, -0.25) is 0 Å². The second kappa shape index (κ2) is 5.87. The normalized spacial score (nSPS) is 20.6. The van der Waals surface area contributed by atoms with Crippen LogP contribution in [0, 0.1) is 0 Å². The zero-order valence-corrected chi connectivity index (χ0v) is 11.0. The Hall–Kier alpha value is -0.550. The summed E-state index contributed by atoms with van der Waals surface area (Å²) >= 11 is 5.80. The number of piperazine rings is 1. The van der Waals surface area contributed by atoms with Gasteiger partial charge in [0, 0.05) is 45.2 Å². The first-order valence-electron chi connectivity index (χ1n) is 6.05. The third-order valence-corrected chi connectivity index (χ3v) is 3.56. The van der Waals surface area contributed by atoms with Gasteiger partial charge in [0.05, 0.1) is 0 Å². The molecule has 2 rings (SSSR count). The molecule has 17 heavy (non-hydrogen) atoms. The molecule has 2 N–H and O–H groups in total. The molecule has 0 spiro atoms. The first kappa shape index (κ1) is 12.9. The summed E-state index contributed by atoms with van der Waals surface area (Å²) < 4.78 is 5.45. The number of halogens is 1. The Morgan fingerprint density at radius 3 is 2.59 bits per heavy atom. The Balaban J connectivity index is 1.91. The summed E-state index contributed by atoms with van der Waals surface area (Å²) in [6.07, 6.45) is 0. The van der Waals surface area contributed by atoms with Crippen LogP contribution in [0.4, 0.5) is 0 Å². The second-order valence-corrected chi connectivity index (χ2v) is 5.05. The van der Waals surface area contributed by atoms with Gasteiger partial charge in [-0.05, 0) is 30.8 Å². The lowest BCUT2D eigenvalue weighted by Crippen LogP contribution is -2.46. The number of likely N-dealkylation sites (N-methyl/N-ethyl adjacent to an activating group) is 1. The first-order chi connectivity index (χ1) is 8.19. The van der Waals surface area contributed by atoms with Gasteiger partial charge in [-0.25, -0.2) is 0 Å². The Labute approximate surface area is 107 Å². The van der Waals surface area contributed by atoms with Crippen LogP contribution in [-0.2, 0) is 0 Å². The molecule has 0 radical (unpaired) electrons. The summed E-state index contributed by atoms with van der Waals surface area (Å²) in [6, 6.07) is 3.71. The third kappa shape index (κ3) is 3.45. The quantitative estimate of drug-likeness (QED) is 0.881. The molecule has 96 valence electrons. The number of rotatable bonds is 4. The predicted octanol–water partition coefficient (Wildman–Crippen LogP) is 1.22. The Morgan fingerprint density at radius 1 is 1.35 bits per heavy atom. The molecular weight excluding hydrogens is 238 g/mol. The van der Waals surface area contributed by atoms with Crippen molar-refractivity contribution in [3.05, 3.63) is 23.1 Å². The molecule has 0 bridgehead atoms. The Bertz CT molecular complexity index is 347. The Kier molecular flexibility index (Phi) is 4.45. The van der Waals surface area contributed by atoms with E-state index in [4.69, 9.17) is 21.8 Å². The monoisotopic (exact) mass is 257 g/mol. The highest BCUT2D eigenvalue weighted by Gasteiger charge is 2.20. The molecule has 1 atom stereocenters. The molecule has 1 fully saturated rings. The van der Waals surface area contributed by atoms with Gasteiger partial charge in [0.2, 0.25) is 0 Å². The van der Waals surface area contributed by atoms with Crippen LogP contribution in [-0.4, -0.2) is 56.1 Å². The van der Waals surface area contributed by atoms with E-state index in [9.17, 15) is 0 Å². The van der Waals surface area contributed by atoms with Gasteiger partial charge in [-0.15, -0.1) is 0 Å². The zero-order chi connectivity index (χ0) is 12.3. The summed E-state index contributed by atoms with van der Waals surface area (Å²) in [6.45, 7) is 5.99. The van der Waals surface area contributed by atoms with Crippen LogP contribution < -0.4 is 5.73 Å². The van der Waals surface area contributed by atoms with Crippen LogP contribution in [0.15, 0.2) is 16.5 Å². The van der Waals surface area contributed by atoms with E-state index in [1.54, 1.807) is 6.07 Å². The second-order valence-electron chi connectivity index (χ2n) is 4.68. The number of nitrogens with two attached hydrogens (primary N) is 1. The van der Waals surface area contributed by atoms with Crippen LogP contribution in [0.3, 0.4) is 0 Å². The summed E-state index contributed by atoms with van der Waals surface area (Å²) in [4.78, 5) is 4.78. The molecule has 1 aromatic heterocycles. The van der Waals surface area contributed by atoms with E-state index < -0.39 is 0 Å². The van der Waals surface area contributed by atoms with E-state index in [1.807, 2.05) is 6.07 Å². The van der Waals surface area contributed by atoms with Crippen molar-refractivity contribution >= 4 is 11.6 Å². The Morgan fingerprint density at radius 2 is 2.06 bits per heavy atom. The molecule has 2 heterocycles. The van der Waals surface area contributed by atoms with Crippen molar-refractivity contribution in [3.63, 3.8) is 0 Å². The molecule has 0 aliphatic carbocycles. The van der Waals surface area contributed by atoms with Gasteiger partial charge < -0.3 is 20.0 Å². The van der Waals surface area contributed by atoms with Crippen molar-refractivity contribution in [2.24, 2.45) is 5.73 Å². The van der Waals surface area contributed by atoms with Crippen molar-refractivity contribution < 1.29 is 4.42 Å². The van der Waals surface area contributed by atoms with Gasteiger partial charge in [-0.1, -0.05) is 0 Å². The topological polar surface area (TPSA) is 45.6 Å². The number of nitrogens with zero attached hydrogens (tertiary/aromatic N) is 2. The molecule has 1 aliphatic rings. The molecule has 4 nitrogen and oxygen atoms in total. The van der Waals surface area contributed by atoms with Crippen LogP contribution in [0.1, 0.15) is 11.7 Å². The van der Waals surface area contributed by atoms with Crippen LogP contribution in [0.25, 0.3) is 0 Å². The highest BCUT2D eigenvalue weighted by atomic mass is 35.5. The number of hydrogen-bond acceptors (Lipinski definition) is 4. The van der Waals surface area contributed by atoms with Gasteiger partial charge in [-0.2, -0.15) is 0 Å². The van der Waals surface area contributed by atoms with E-state index in [-0.39, 0.29) is 5.92 Å². The average molecular weight is 258 g/mol. The molecule has 1 aliphatic heterocycles. The van der Waals surface area contributed by atoms with Crippen LogP contribution >= 0.6 is 11.6 Å². The van der Waals surface area contributed by atoms with E-state index in [1.165, 1.54) is 0 Å². The molecular formula is C12H20ClN3O. The standard InChI is InChI=1S/C12H20ClN3O/c1-15-4-6-16(7-5-15)9-10(8-14)11-2-3-12(13)17-11/h2-3,10H,4-9,14H2,1H3. The van der Waals surface area contributed by atoms with E-state index >= 15 is 0 Å². The van der Waals surface area contributed by atoms with Gasteiger partial charge >= 0.3 is 0 Å². The predicted molar refractivity (Wildman–Crippen MR) is 69.5 cm³/mol. The first-order valence-corrected chi connectivity index (χ1v) is 6.43. The van der Waals surface area contributed by atoms with Crippen molar-refractivity contribution in [2.45, 2.75) is 5.92 Å². The van der Waals surface area contributed by atoms with E-state index in [0.717, 1.165) is 38.5 Å². The highest BCUT2D eigenvalue weighted by molar-refractivity contribution is 6.28. The lowest BCUT2D eigenvalue weighted by Gasteiger charge is -2.34. The van der Waals surface area contributed by atoms with Crippen molar-refractivity contribution in [3.8, 4) is 0 Å². The van der Waals surface area contributed by atoms with Gasteiger partial charge in [0.25, 0.3) is 0 Å². The fourth-order valence-corrected chi connectivity index (χ4v) is 2.32. The highest BCUT2D eigenvalue weighted by Crippen LogP contribution is 2.22. The number of hydrogen-bond donors (Lipinski definition) is 1. The molecule has 0 saturated carbocycles. The largest absolute Gasteiger partial charge is 0.449 e. The minimum absolute atomic E-state index is 0.242. The van der Waals surface area contributed by atoms with E-state index in [0.29, 0.717) is 11.8 Å². The summed E-state index contributed by atoms with van der Waals surface area (Å²) in [7, 11) is 2.16. The van der Waals surface area contributed by atoms with Crippen molar-refractivity contribution in [1.29, 1.82) is 0 Å². The molecule has 1 unspecified atom stereocenters. The maximum atomic E-state index is 5.82. The summed E-state index contributed by atoms with van der Waals surface area (Å²) in [5, 5.41) is 0.442. The summed E-state index contributed by atoms with van der Waals surface area (Å²) in [5.41, 5.74) is 5.82. The molecule has 1 aromatic rings. The molecule has 1 saturated heterocycles. The fourth-order valence-electron chi connectivity index (χ4n) is 2.17. The van der Waals surface area contributed by atoms with Crippen molar-refractivity contribution in [1.82, 2.24) is 9.80 Å². The molecule has 0 amide bonds. The van der Waals surface area contributed by atoms with E-state index in [2.05, 4.69) is 16.8 Å². The number of furan rings is 1. The fraction of sp³-hybridized carbons (Fsp3) is 0.667.